The van der Waals surface area contributed by atoms with E-state index < -0.39 is 0 Å². The van der Waals surface area contributed by atoms with Crippen LogP contribution in [0.3, 0.4) is 0 Å². The number of carbonyl (C=O) groups is 2. The van der Waals surface area contributed by atoms with Gasteiger partial charge in [-0.3, -0.25) is 14.2 Å². The van der Waals surface area contributed by atoms with Gasteiger partial charge < -0.3 is 10.6 Å². The van der Waals surface area contributed by atoms with Crippen molar-refractivity contribution in [2.75, 3.05) is 17.6 Å². The van der Waals surface area contributed by atoms with Crippen molar-refractivity contribution < 1.29 is 9.59 Å². The second-order valence-corrected chi connectivity index (χ2v) is 8.64. The molecular weight excluding hydrogens is 446 g/mol. The number of nitrogens with zero attached hydrogens (tertiary/aromatic N) is 3. The van der Waals surface area contributed by atoms with Crippen molar-refractivity contribution in [3.63, 3.8) is 0 Å². The fraction of sp³-hybridized carbons (Fsp3) is 0.154. The fourth-order valence-electron chi connectivity index (χ4n) is 3.37. The molecule has 0 saturated heterocycles. The van der Waals surface area contributed by atoms with Gasteiger partial charge in [-0.05, 0) is 43.2 Å². The lowest BCUT2D eigenvalue weighted by Crippen LogP contribution is -2.27. The summed E-state index contributed by atoms with van der Waals surface area (Å²) in [7, 11) is 0. The number of hydrogen-bond donors (Lipinski definition) is 2. The first-order valence-electron chi connectivity index (χ1n) is 10.9. The van der Waals surface area contributed by atoms with Gasteiger partial charge in [-0.2, -0.15) is 0 Å². The van der Waals surface area contributed by atoms with Gasteiger partial charge in [0.25, 0.3) is 5.91 Å². The zero-order valence-corrected chi connectivity index (χ0v) is 19.6. The minimum Gasteiger partial charge on any atom is -0.352 e. The highest BCUT2D eigenvalue weighted by atomic mass is 32.2. The molecule has 4 rings (SSSR count). The van der Waals surface area contributed by atoms with E-state index in [1.54, 1.807) is 30.6 Å². The summed E-state index contributed by atoms with van der Waals surface area (Å²) in [6.45, 7) is 2.53. The highest BCUT2D eigenvalue weighted by Gasteiger charge is 2.15. The molecule has 0 aliphatic rings. The molecule has 8 heteroatoms. The first-order chi connectivity index (χ1) is 16.6. The van der Waals surface area contributed by atoms with Crippen LogP contribution in [-0.2, 0) is 11.2 Å². The zero-order valence-electron chi connectivity index (χ0n) is 18.8. The Bertz CT molecular complexity index is 1260. The van der Waals surface area contributed by atoms with E-state index in [1.165, 1.54) is 11.8 Å². The van der Waals surface area contributed by atoms with Crippen LogP contribution in [0, 0.1) is 6.92 Å². The number of thioether (sulfide) groups is 1. The molecule has 7 nitrogen and oxygen atoms in total. The first kappa shape index (κ1) is 23.3. The maximum Gasteiger partial charge on any atom is 0.253 e. The third kappa shape index (κ3) is 6.11. The predicted octanol–water partition coefficient (Wildman–Crippen LogP) is 4.28. The van der Waals surface area contributed by atoms with Crippen molar-refractivity contribution in [2.45, 2.75) is 18.5 Å². The lowest BCUT2D eigenvalue weighted by Gasteiger charge is -2.12. The van der Waals surface area contributed by atoms with Gasteiger partial charge in [0.1, 0.15) is 6.33 Å². The summed E-state index contributed by atoms with van der Waals surface area (Å²) in [4.78, 5) is 25.4. The third-order valence-corrected chi connectivity index (χ3v) is 6.09. The molecule has 0 atom stereocenters. The average Bonchev–Trinajstić information content (AvgIpc) is 3.33. The van der Waals surface area contributed by atoms with E-state index in [4.69, 9.17) is 0 Å². The summed E-state index contributed by atoms with van der Waals surface area (Å²) < 4.78 is 1.84. The second kappa shape index (κ2) is 11.3. The molecule has 2 amide bonds. The molecule has 1 heterocycles. The quantitative estimate of drug-likeness (QED) is 0.356. The number of nitrogens with one attached hydrogen (secondary N) is 2. The lowest BCUT2D eigenvalue weighted by molar-refractivity contribution is -0.113. The molecule has 0 aliphatic carbocycles. The van der Waals surface area contributed by atoms with Crippen LogP contribution in [0.2, 0.25) is 0 Å². The maximum absolute atomic E-state index is 12.7. The van der Waals surface area contributed by atoms with Crippen molar-refractivity contribution in [2.24, 2.45) is 0 Å². The molecule has 0 radical (unpaired) electrons. The van der Waals surface area contributed by atoms with Crippen LogP contribution in [0.25, 0.3) is 5.69 Å². The Labute approximate surface area is 202 Å². The normalized spacial score (nSPS) is 10.6. The monoisotopic (exact) mass is 471 g/mol. The topological polar surface area (TPSA) is 88.9 Å². The molecule has 0 spiro atoms. The number of para-hydroxylation sites is 1. The van der Waals surface area contributed by atoms with Crippen LogP contribution in [-0.4, -0.2) is 38.9 Å². The van der Waals surface area contributed by atoms with E-state index in [9.17, 15) is 9.59 Å². The van der Waals surface area contributed by atoms with Gasteiger partial charge >= 0.3 is 0 Å². The molecule has 0 saturated carbocycles. The number of aromatic nitrogens is 3. The van der Waals surface area contributed by atoms with Gasteiger partial charge in [0, 0.05) is 12.2 Å². The molecule has 0 unspecified atom stereocenters. The van der Waals surface area contributed by atoms with Crippen molar-refractivity contribution in [3.05, 3.63) is 102 Å². The van der Waals surface area contributed by atoms with Gasteiger partial charge in [0.2, 0.25) is 5.91 Å². The third-order valence-electron chi connectivity index (χ3n) is 5.15. The highest BCUT2D eigenvalue weighted by molar-refractivity contribution is 7.99. The van der Waals surface area contributed by atoms with E-state index in [2.05, 4.69) is 20.8 Å². The van der Waals surface area contributed by atoms with Crippen LogP contribution >= 0.6 is 11.8 Å². The van der Waals surface area contributed by atoms with Crippen molar-refractivity contribution in [1.29, 1.82) is 0 Å². The Morgan fingerprint density at radius 1 is 0.941 bits per heavy atom. The smallest absolute Gasteiger partial charge is 0.253 e. The Kier molecular flexibility index (Phi) is 7.72. The Hall–Kier alpha value is -3.91. The second-order valence-electron chi connectivity index (χ2n) is 7.69. The van der Waals surface area contributed by atoms with E-state index in [1.807, 2.05) is 66.1 Å². The van der Waals surface area contributed by atoms with Crippen molar-refractivity contribution >= 4 is 29.3 Å². The number of anilines is 1. The summed E-state index contributed by atoms with van der Waals surface area (Å²) in [5.74, 6) is -0.319. The van der Waals surface area contributed by atoms with Crippen LogP contribution in [0.1, 0.15) is 21.5 Å². The highest BCUT2D eigenvalue weighted by Crippen LogP contribution is 2.21. The molecule has 0 bridgehead atoms. The molecule has 3 aromatic carbocycles. The van der Waals surface area contributed by atoms with Crippen LogP contribution in [0.4, 0.5) is 5.69 Å². The van der Waals surface area contributed by atoms with Crippen molar-refractivity contribution in [3.8, 4) is 5.69 Å². The largest absolute Gasteiger partial charge is 0.352 e. The fourth-order valence-corrected chi connectivity index (χ4v) is 4.10. The number of benzene rings is 3. The minimum atomic E-state index is -0.229. The molecular formula is C26H25N5O2S. The van der Waals surface area contributed by atoms with Crippen LogP contribution in [0.15, 0.2) is 90.3 Å². The first-order valence-corrected chi connectivity index (χ1v) is 11.9. The molecule has 2 N–H and O–H groups in total. The molecule has 0 fully saturated rings. The van der Waals surface area contributed by atoms with Gasteiger partial charge in [0.05, 0.1) is 17.0 Å². The van der Waals surface area contributed by atoms with E-state index in [0.29, 0.717) is 23.0 Å². The number of carbonyl (C=O) groups excluding carboxylic acids is 2. The van der Waals surface area contributed by atoms with Gasteiger partial charge in [-0.25, -0.2) is 0 Å². The summed E-state index contributed by atoms with van der Waals surface area (Å²) in [6.07, 6.45) is 2.36. The lowest BCUT2D eigenvalue weighted by atomic mass is 10.1. The number of rotatable bonds is 9. The van der Waals surface area contributed by atoms with Crippen LogP contribution in [0.5, 0.6) is 0 Å². The maximum atomic E-state index is 12.7. The van der Waals surface area contributed by atoms with Gasteiger partial charge in [0.15, 0.2) is 5.16 Å². The van der Waals surface area contributed by atoms with Crippen LogP contribution < -0.4 is 10.6 Å². The zero-order chi connectivity index (χ0) is 23.8. The summed E-state index contributed by atoms with van der Waals surface area (Å²) in [5.41, 5.74) is 4.14. The van der Waals surface area contributed by atoms with E-state index in [-0.39, 0.29) is 17.6 Å². The molecule has 172 valence electrons. The standard InChI is InChI=1S/C26H25N5O2S/c1-19-11-13-21(14-12-19)31-18-28-30-26(31)34-17-24(32)29-23-10-6-5-9-22(23)25(33)27-16-15-20-7-3-2-4-8-20/h2-14,18H,15-17H2,1H3,(H,27,33)(H,29,32). The van der Waals surface area contributed by atoms with Gasteiger partial charge in [-0.1, -0.05) is 71.9 Å². The summed E-state index contributed by atoms with van der Waals surface area (Å²) in [5, 5.41) is 14.5. The molecule has 1 aromatic heterocycles. The van der Waals surface area contributed by atoms with E-state index in [0.717, 1.165) is 23.2 Å². The van der Waals surface area contributed by atoms with Crippen molar-refractivity contribution in [1.82, 2.24) is 20.1 Å². The number of hydrogen-bond acceptors (Lipinski definition) is 5. The average molecular weight is 472 g/mol. The Morgan fingerprint density at radius 3 is 2.47 bits per heavy atom. The molecule has 4 aromatic rings. The van der Waals surface area contributed by atoms with Gasteiger partial charge in [-0.15, -0.1) is 10.2 Å². The minimum absolute atomic E-state index is 0.133. The van der Waals surface area contributed by atoms with E-state index >= 15 is 0 Å². The summed E-state index contributed by atoms with van der Waals surface area (Å²) in [6, 6.07) is 24.9. The Balaban J connectivity index is 1.34. The number of amides is 2. The predicted molar refractivity (Wildman–Crippen MR) is 134 cm³/mol. The Morgan fingerprint density at radius 2 is 1.68 bits per heavy atom. The number of aryl methyl sites for hydroxylation is 1. The summed E-state index contributed by atoms with van der Waals surface area (Å²) >= 11 is 1.28. The molecule has 34 heavy (non-hydrogen) atoms. The SMILES string of the molecule is Cc1ccc(-n2cnnc2SCC(=O)Nc2ccccc2C(=O)NCCc2ccccc2)cc1. The molecule has 0 aliphatic heterocycles.